The highest BCUT2D eigenvalue weighted by molar-refractivity contribution is 7.99. The Morgan fingerprint density at radius 1 is 1.92 bits per heavy atom. The summed E-state index contributed by atoms with van der Waals surface area (Å²) in [6, 6.07) is 1.47. The second-order valence-electron chi connectivity index (χ2n) is 2.30. The molecule has 0 spiro atoms. The van der Waals surface area contributed by atoms with Gasteiger partial charge in [-0.2, -0.15) is 5.26 Å². The highest BCUT2D eigenvalue weighted by atomic mass is 32.2. The molecule has 0 aromatic carbocycles. The maximum atomic E-state index is 8.38. The lowest BCUT2D eigenvalue weighted by molar-refractivity contribution is 0.454. The van der Waals surface area contributed by atoms with Crippen LogP contribution in [0.15, 0.2) is 15.9 Å². The quantitative estimate of drug-likeness (QED) is 0.705. The lowest BCUT2D eigenvalue weighted by Gasteiger charge is -1.96. The summed E-state index contributed by atoms with van der Waals surface area (Å²) >= 11 is 1.35. The second-order valence-corrected chi connectivity index (χ2v) is 3.27. The molecule has 0 fully saturated rings. The largest absolute Gasteiger partial charge is 0.440 e. The molecule has 1 rings (SSSR count). The zero-order chi connectivity index (χ0) is 8.97. The van der Waals surface area contributed by atoms with Gasteiger partial charge in [-0.05, 0) is 6.92 Å². The average molecular weight is 183 g/mol. The number of aryl methyl sites for hydroxylation is 1. The smallest absolute Gasteiger partial charge is 0.255 e. The number of nitrogens with two attached hydrogens (primary N) is 1. The first kappa shape index (κ1) is 9.10. The minimum atomic E-state index is -0.456. The van der Waals surface area contributed by atoms with E-state index in [1.165, 1.54) is 11.8 Å². The molecule has 1 heterocycles. The van der Waals surface area contributed by atoms with E-state index in [2.05, 4.69) is 4.98 Å². The van der Waals surface area contributed by atoms with Gasteiger partial charge < -0.3 is 10.2 Å². The third kappa shape index (κ3) is 2.57. The molecule has 0 amide bonds. The van der Waals surface area contributed by atoms with Gasteiger partial charge in [0.1, 0.15) is 12.3 Å². The van der Waals surface area contributed by atoms with Crippen LogP contribution in [0, 0.1) is 18.3 Å². The number of nitrogens with zero attached hydrogens (tertiary/aromatic N) is 2. The number of thioether (sulfide) groups is 1. The number of nitriles is 1. The molecule has 5 heteroatoms. The van der Waals surface area contributed by atoms with Gasteiger partial charge in [-0.25, -0.2) is 4.98 Å². The Morgan fingerprint density at radius 2 is 2.67 bits per heavy atom. The number of oxazole rings is 1. The van der Waals surface area contributed by atoms with Gasteiger partial charge in [0.15, 0.2) is 0 Å². The third-order valence-electron chi connectivity index (χ3n) is 1.15. The summed E-state index contributed by atoms with van der Waals surface area (Å²) in [4.78, 5) is 4.05. The van der Waals surface area contributed by atoms with E-state index in [0.717, 1.165) is 5.69 Å². The Balaban J connectivity index is 2.39. The molecule has 0 saturated heterocycles. The molecule has 64 valence electrons. The van der Waals surface area contributed by atoms with Gasteiger partial charge in [0, 0.05) is 5.75 Å². The van der Waals surface area contributed by atoms with E-state index >= 15 is 0 Å². The van der Waals surface area contributed by atoms with Crippen LogP contribution < -0.4 is 5.73 Å². The van der Waals surface area contributed by atoms with Crippen molar-refractivity contribution in [2.45, 2.75) is 18.2 Å². The molecule has 1 aromatic heterocycles. The van der Waals surface area contributed by atoms with Crippen LogP contribution in [-0.2, 0) is 0 Å². The SMILES string of the molecule is Cc1coc(SCC(N)C#N)n1. The summed E-state index contributed by atoms with van der Waals surface area (Å²) in [5.41, 5.74) is 6.21. The van der Waals surface area contributed by atoms with Crippen molar-refractivity contribution in [2.75, 3.05) is 5.75 Å². The first-order valence-corrected chi connectivity index (χ1v) is 4.41. The van der Waals surface area contributed by atoms with Crippen LogP contribution in [0.25, 0.3) is 0 Å². The number of hydrogen-bond donors (Lipinski definition) is 1. The van der Waals surface area contributed by atoms with Gasteiger partial charge in [0.2, 0.25) is 0 Å². The van der Waals surface area contributed by atoms with E-state index < -0.39 is 6.04 Å². The summed E-state index contributed by atoms with van der Waals surface area (Å²) < 4.78 is 5.05. The van der Waals surface area contributed by atoms with Gasteiger partial charge in [-0.1, -0.05) is 11.8 Å². The van der Waals surface area contributed by atoms with Crippen LogP contribution >= 0.6 is 11.8 Å². The Kier molecular flexibility index (Phi) is 3.14. The van der Waals surface area contributed by atoms with Gasteiger partial charge in [0.05, 0.1) is 11.8 Å². The number of hydrogen-bond acceptors (Lipinski definition) is 5. The Bertz CT molecular complexity index is 291. The zero-order valence-electron chi connectivity index (χ0n) is 6.65. The summed E-state index contributed by atoms with van der Waals surface area (Å²) in [7, 11) is 0. The molecule has 4 nitrogen and oxygen atoms in total. The van der Waals surface area contributed by atoms with E-state index in [1.807, 2.05) is 13.0 Å². The van der Waals surface area contributed by atoms with Crippen LogP contribution in [0.4, 0.5) is 0 Å². The Labute approximate surface area is 74.8 Å². The van der Waals surface area contributed by atoms with Crippen LogP contribution in [0.1, 0.15) is 5.69 Å². The molecule has 0 aliphatic heterocycles. The first-order chi connectivity index (χ1) is 5.72. The fourth-order valence-electron chi connectivity index (χ4n) is 0.597. The van der Waals surface area contributed by atoms with Crippen molar-refractivity contribution >= 4 is 11.8 Å². The van der Waals surface area contributed by atoms with Crippen molar-refractivity contribution in [2.24, 2.45) is 5.73 Å². The lowest BCUT2D eigenvalue weighted by atomic mass is 10.4. The van der Waals surface area contributed by atoms with Crippen LogP contribution in [0.2, 0.25) is 0 Å². The second kappa shape index (κ2) is 4.14. The molecule has 0 aliphatic carbocycles. The fourth-order valence-corrected chi connectivity index (χ4v) is 1.32. The summed E-state index contributed by atoms with van der Waals surface area (Å²) in [6.45, 7) is 1.85. The predicted molar refractivity (Wildman–Crippen MR) is 45.6 cm³/mol. The molecule has 1 atom stereocenters. The molecule has 1 aromatic rings. The minimum absolute atomic E-state index is 0.456. The maximum Gasteiger partial charge on any atom is 0.255 e. The van der Waals surface area contributed by atoms with Crippen LogP contribution in [0.5, 0.6) is 0 Å². The third-order valence-corrected chi connectivity index (χ3v) is 2.11. The number of aromatic nitrogens is 1. The van der Waals surface area contributed by atoms with Crippen molar-refractivity contribution in [3.05, 3.63) is 12.0 Å². The molecule has 2 N–H and O–H groups in total. The minimum Gasteiger partial charge on any atom is -0.440 e. The Morgan fingerprint density at radius 3 is 3.17 bits per heavy atom. The van der Waals surface area contributed by atoms with Crippen molar-refractivity contribution in [1.82, 2.24) is 4.98 Å². The van der Waals surface area contributed by atoms with E-state index in [1.54, 1.807) is 6.26 Å². The molecule has 1 unspecified atom stereocenters. The van der Waals surface area contributed by atoms with Crippen molar-refractivity contribution in [1.29, 1.82) is 5.26 Å². The van der Waals surface area contributed by atoms with Gasteiger partial charge in [0.25, 0.3) is 5.22 Å². The zero-order valence-corrected chi connectivity index (χ0v) is 7.47. The van der Waals surface area contributed by atoms with Crippen LogP contribution in [-0.4, -0.2) is 16.8 Å². The molecular formula is C7H9N3OS. The fraction of sp³-hybridized carbons (Fsp3) is 0.429. The summed E-state index contributed by atoms with van der Waals surface area (Å²) in [5.74, 6) is 0.510. The molecular weight excluding hydrogens is 174 g/mol. The van der Waals surface area contributed by atoms with E-state index in [9.17, 15) is 0 Å². The lowest BCUT2D eigenvalue weighted by Crippen LogP contribution is -2.19. The topological polar surface area (TPSA) is 75.8 Å². The molecule has 0 bridgehead atoms. The molecule has 0 radical (unpaired) electrons. The molecule has 12 heavy (non-hydrogen) atoms. The van der Waals surface area contributed by atoms with E-state index in [0.29, 0.717) is 11.0 Å². The summed E-state index contributed by atoms with van der Waals surface area (Å²) in [5, 5.41) is 8.95. The van der Waals surface area contributed by atoms with Gasteiger partial charge >= 0.3 is 0 Å². The highest BCUT2D eigenvalue weighted by Gasteiger charge is 2.05. The average Bonchev–Trinajstić information content (AvgIpc) is 2.47. The van der Waals surface area contributed by atoms with E-state index in [4.69, 9.17) is 15.4 Å². The van der Waals surface area contributed by atoms with Gasteiger partial charge in [-0.3, -0.25) is 0 Å². The first-order valence-electron chi connectivity index (χ1n) is 3.42. The van der Waals surface area contributed by atoms with E-state index in [-0.39, 0.29) is 0 Å². The molecule has 0 aliphatic rings. The normalized spacial score (nSPS) is 12.4. The van der Waals surface area contributed by atoms with Crippen molar-refractivity contribution < 1.29 is 4.42 Å². The van der Waals surface area contributed by atoms with Crippen molar-refractivity contribution in [3.8, 4) is 6.07 Å². The van der Waals surface area contributed by atoms with Crippen molar-refractivity contribution in [3.63, 3.8) is 0 Å². The van der Waals surface area contributed by atoms with Crippen LogP contribution in [0.3, 0.4) is 0 Å². The Hall–Kier alpha value is -0.990. The maximum absolute atomic E-state index is 8.38. The summed E-state index contributed by atoms with van der Waals surface area (Å²) in [6.07, 6.45) is 1.57. The highest BCUT2D eigenvalue weighted by Crippen LogP contribution is 2.16. The van der Waals surface area contributed by atoms with Gasteiger partial charge in [-0.15, -0.1) is 0 Å². The monoisotopic (exact) mass is 183 g/mol. The predicted octanol–water partition coefficient (Wildman–Crippen LogP) is 0.926. The molecule has 0 saturated carbocycles. The number of rotatable bonds is 3. The standard InChI is InChI=1S/C7H9N3OS/c1-5-3-11-7(10-5)12-4-6(9)2-8/h3,6H,4,9H2,1H3.